The van der Waals surface area contributed by atoms with Gasteiger partial charge in [-0.25, -0.2) is 4.68 Å². The molecule has 0 aliphatic carbocycles. The minimum absolute atomic E-state index is 0.126. The third-order valence-electron chi connectivity index (χ3n) is 6.57. The molecule has 0 spiro atoms. The van der Waals surface area contributed by atoms with Crippen LogP contribution >= 0.6 is 34.8 Å². The Hall–Kier alpha value is -2.09. The molecule has 6 nitrogen and oxygen atoms in total. The monoisotopic (exact) mass is 534 g/mol. The van der Waals surface area contributed by atoms with Crippen LogP contribution in [-0.4, -0.2) is 43.1 Å². The molecule has 2 heterocycles. The standard InChI is InChI=1S/C26H29Cl3N4O2/c1-15-22(24(34)30-19-13-25(2,3)33(35)26(4,5)14-19)31-32(21-11-10-18(28)12-20(21)29)23(15)16-6-8-17(27)9-7-16/h6-12,19,35H,13-14H2,1-5H3,(H,30,34). The van der Waals surface area contributed by atoms with Crippen LogP contribution in [0.25, 0.3) is 16.9 Å². The average molecular weight is 536 g/mol. The SMILES string of the molecule is Cc1c(C(=O)NC2CC(C)(C)N(O)C(C)(C)C2)nn(-c2ccc(Cl)cc2Cl)c1-c1ccc(Cl)cc1. The van der Waals surface area contributed by atoms with E-state index >= 15 is 0 Å². The summed E-state index contributed by atoms with van der Waals surface area (Å²) in [6.07, 6.45) is 1.21. The molecule has 1 aromatic heterocycles. The molecule has 1 fully saturated rings. The van der Waals surface area contributed by atoms with Gasteiger partial charge in [-0.1, -0.05) is 46.9 Å². The molecule has 0 saturated carbocycles. The number of amides is 1. The number of carbonyl (C=O) groups excluding carboxylic acids is 1. The summed E-state index contributed by atoms with van der Waals surface area (Å²) >= 11 is 18.8. The first kappa shape index (κ1) is 26.0. The van der Waals surface area contributed by atoms with Crippen molar-refractivity contribution in [3.63, 3.8) is 0 Å². The van der Waals surface area contributed by atoms with Gasteiger partial charge in [-0.15, -0.1) is 0 Å². The highest BCUT2D eigenvalue weighted by Gasteiger charge is 2.45. The topological polar surface area (TPSA) is 70.4 Å². The second-order valence-corrected chi connectivity index (χ2v) is 11.6. The van der Waals surface area contributed by atoms with Gasteiger partial charge < -0.3 is 10.5 Å². The zero-order valence-electron chi connectivity index (χ0n) is 20.4. The highest BCUT2D eigenvalue weighted by atomic mass is 35.5. The first-order valence-corrected chi connectivity index (χ1v) is 12.5. The van der Waals surface area contributed by atoms with E-state index in [0.717, 1.165) is 11.3 Å². The van der Waals surface area contributed by atoms with Crippen LogP contribution in [-0.2, 0) is 0 Å². The lowest BCUT2D eigenvalue weighted by molar-refractivity contribution is -0.245. The van der Waals surface area contributed by atoms with Crippen LogP contribution in [0.15, 0.2) is 42.5 Å². The number of aromatic nitrogens is 2. The lowest BCUT2D eigenvalue weighted by Crippen LogP contribution is -2.63. The van der Waals surface area contributed by atoms with Crippen LogP contribution in [0, 0.1) is 6.92 Å². The predicted molar refractivity (Wildman–Crippen MR) is 141 cm³/mol. The number of hydroxylamine groups is 2. The summed E-state index contributed by atoms with van der Waals surface area (Å²) < 4.78 is 1.68. The van der Waals surface area contributed by atoms with E-state index in [4.69, 9.17) is 39.9 Å². The third kappa shape index (κ3) is 5.09. The zero-order valence-corrected chi connectivity index (χ0v) is 22.6. The fraction of sp³-hybridized carbons (Fsp3) is 0.385. The van der Waals surface area contributed by atoms with Gasteiger partial charge in [0.25, 0.3) is 5.91 Å². The van der Waals surface area contributed by atoms with E-state index in [1.54, 1.807) is 35.0 Å². The van der Waals surface area contributed by atoms with E-state index in [0.29, 0.717) is 44.9 Å². The largest absolute Gasteiger partial charge is 0.348 e. The van der Waals surface area contributed by atoms with Crippen molar-refractivity contribution in [3.05, 3.63) is 68.8 Å². The van der Waals surface area contributed by atoms with Gasteiger partial charge in [-0.2, -0.15) is 10.2 Å². The summed E-state index contributed by atoms with van der Waals surface area (Å²) in [5, 5.41) is 21.4. The van der Waals surface area contributed by atoms with Crippen molar-refractivity contribution in [2.45, 2.75) is 64.6 Å². The lowest BCUT2D eigenvalue weighted by Gasteiger charge is -2.51. The van der Waals surface area contributed by atoms with Crippen LogP contribution in [0.2, 0.25) is 15.1 Å². The van der Waals surface area contributed by atoms with Gasteiger partial charge in [0.15, 0.2) is 5.69 Å². The second-order valence-electron chi connectivity index (χ2n) is 10.4. The highest BCUT2D eigenvalue weighted by molar-refractivity contribution is 6.35. The number of nitrogens with zero attached hydrogens (tertiary/aromatic N) is 3. The number of nitrogens with one attached hydrogen (secondary N) is 1. The van der Waals surface area contributed by atoms with E-state index in [1.165, 1.54) is 5.06 Å². The lowest BCUT2D eigenvalue weighted by atomic mass is 9.79. The molecule has 0 radical (unpaired) electrons. The van der Waals surface area contributed by atoms with E-state index in [2.05, 4.69) is 5.32 Å². The molecule has 1 aliphatic heterocycles. The molecular weight excluding hydrogens is 507 g/mol. The van der Waals surface area contributed by atoms with Gasteiger partial charge in [0.2, 0.25) is 0 Å². The minimum atomic E-state index is -0.487. The maximum Gasteiger partial charge on any atom is 0.272 e. The highest BCUT2D eigenvalue weighted by Crippen LogP contribution is 2.37. The van der Waals surface area contributed by atoms with Gasteiger partial charge in [-0.05, 0) is 77.8 Å². The fourth-order valence-electron chi connectivity index (χ4n) is 5.11. The zero-order chi connectivity index (χ0) is 25.7. The Morgan fingerprint density at radius 3 is 2.14 bits per heavy atom. The maximum atomic E-state index is 13.5. The molecule has 35 heavy (non-hydrogen) atoms. The van der Waals surface area contributed by atoms with Crippen LogP contribution in [0.4, 0.5) is 0 Å². The van der Waals surface area contributed by atoms with Gasteiger partial charge in [-0.3, -0.25) is 4.79 Å². The molecular formula is C26H29Cl3N4O2. The molecule has 186 valence electrons. The number of hydrogen-bond acceptors (Lipinski definition) is 4. The molecule has 0 unspecified atom stereocenters. The Morgan fingerprint density at radius 1 is 1.00 bits per heavy atom. The minimum Gasteiger partial charge on any atom is -0.348 e. The summed E-state index contributed by atoms with van der Waals surface area (Å²) in [6, 6.07) is 12.4. The van der Waals surface area contributed by atoms with E-state index in [9.17, 15) is 10.0 Å². The average Bonchev–Trinajstić information content (AvgIpc) is 3.09. The Bertz CT molecular complexity index is 1250. The molecule has 1 saturated heterocycles. The van der Waals surface area contributed by atoms with Crippen molar-refractivity contribution in [3.8, 4) is 16.9 Å². The molecule has 1 amide bonds. The van der Waals surface area contributed by atoms with E-state index in [-0.39, 0.29) is 11.9 Å². The van der Waals surface area contributed by atoms with Crippen molar-refractivity contribution in [1.29, 1.82) is 0 Å². The van der Waals surface area contributed by atoms with Crippen molar-refractivity contribution >= 4 is 40.7 Å². The van der Waals surface area contributed by atoms with Crippen molar-refractivity contribution in [1.82, 2.24) is 20.2 Å². The summed E-state index contributed by atoms with van der Waals surface area (Å²) in [6.45, 7) is 9.74. The van der Waals surface area contributed by atoms with Crippen molar-refractivity contribution in [2.75, 3.05) is 0 Å². The molecule has 2 aromatic carbocycles. The van der Waals surface area contributed by atoms with Crippen LogP contribution < -0.4 is 5.32 Å². The normalized spacial score (nSPS) is 18.0. The maximum absolute atomic E-state index is 13.5. The Kier molecular flexibility index (Phi) is 6.99. The number of piperidine rings is 1. The van der Waals surface area contributed by atoms with Crippen LogP contribution in [0.3, 0.4) is 0 Å². The quantitative estimate of drug-likeness (QED) is 0.379. The van der Waals surface area contributed by atoms with Crippen molar-refractivity contribution in [2.24, 2.45) is 0 Å². The third-order valence-corrected chi connectivity index (χ3v) is 7.36. The summed E-state index contributed by atoms with van der Waals surface area (Å²) in [4.78, 5) is 13.5. The van der Waals surface area contributed by atoms with Crippen LogP contribution in [0.1, 0.15) is 56.6 Å². The number of carbonyl (C=O) groups is 1. The summed E-state index contributed by atoms with van der Waals surface area (Å²) in [5.41, 5.74) is 2.25. The summed E-state index contributed by atoms with van der Waals surface area (Å²) in [5.74, 6) is -0.274. The van der Waals surface area contributed by atoms with Gasteiger partial charge in [0.1, 0.15) is 0 Å². The fourth-order valence-corrected chi connectivity index (χ4v) is 5.73. The smallest absolute Gasteiger partial charge is 0.272 e. The first-order valence-electron chi connectivity index (χ1n) is 11.4. The summed E-state index contributed by atoms with van der Waals surface area (Å²) in [7, 11) is 0. The van der Waals surface area contributed by atoms with Gasteiger partial charge >= 0.3 is 0 Å². The number of rotatable bonds is 4. The van der Waals surface area contributed by atoms with E-state index in [1.807, 2.05) is 46.8 Å². The molecule has 2 N–H and O–H groups in total. The Morgan fingerprint density at radius 2 is 1.57 bits per heavy atom. The predicted octanol–water partition coefficient (Wildman–Crippen LogP) is 6.95. The number of benzene rings is 2. The van der Waals surface area contributed by atoms with Gasteiger partial charge in [0.05, 0.1) is 16.4 Å². The van der Waals surface area contributed by atoms with Crippen LogP contribution in [0.5, 0.6) is 0 Å². The first-order chi connectivity index (χ1) is 16.3. The van der Waals surface area contributed by atoms with Crippen molar-refractivity contribution < 1.29 is 10.0 Å². The number of hydrogen-bond donors (Lipinski definition) is 2. The van der Waals surface area contributed by atoms with E-state index < -0.39 is 11.1 Å². The molecule has 0 bridgehead atoms. The van der Waals surface area contributed by atoms with Gasteiger partial charge in [0, 0.05) is 38.3 Å². The molecule has 3 aromatic rings. The molecule has 9 heteroatoms. The second kappa shape index (κ2) is 9.41. The molecule has 0 atom stereocenters. The molecule has 1 aliphatic rings. The Balaban J connectivity index is 1.76. The number of halogens is 3. The molecule has 4 rings (SSSR count). The Labute approximate surface area is 220 Å².